The molecular weight excluding hydrogens is 302 g/mol. The molecule has 1 unspecified atom stereocenters. The molecule has 0 aliphatic carbocycles. The fourth-order valence-electron chi connectivity index (χ4n) is 1.90. The number of hydrogen-bond donors (Lipinski definition) is 1. The van der Waals surface area contributed by atoms with Gasteiger partial charge in [0.1, 0.15) is 10.7 Å². The van der Waals surface area contributed by atoms with E-state index in [1.54, 1.807) is 29.1 Å². The highest BCUT2D eigenvalue weighted by Gasteiger charge is 2.15. The summed E-state index contributed by atoms with van der Waals surface area (Å²) in [7, 11) is 0. The number of hydrogen-bond acceptors (Lipinski definition) is 5. The lowest BCUT2D eigenvalue weighted by Gasteiger charge is -2.12. The Kier molecular flexibility index (Phi) is 4.08. The van der Waals surface area contributed by atoms with Crippen LogP contribution in [0, 0.1) is 0 Å². The van der Waals surface area contributed by atoms with Crippen LogP contribution in [0.25, 0.3) is 9.88 Å². The van der Waals surface area contributed by atoms with E-state index < -0.39 is 0 Å². The molecule has 106 valence electrons. The van der Waals surface area contributed by atoms with E-state index in [0.29, 0.717) is 5.69 Å². The summed E-state index contributed by atoms with van der Waals surface area (Å²) in [5, 5.41) is 7.63. The molecular formula is C15H13N3OS2. The third-order valence-corrected chi connectivity index (χ3v) is 4.90. The molecule has 0 spiro atoms. The summed E-state index contributed by atoms with van der Waals surface area (Å²) in [4.78, 5) is 21.7. The molecule has 0 saturated heterocycles. The lowest BCUT2D eigenvalue weighted by Crippen LogP contribution is -2.26. The van der Waals surface area contributed by atoms with Crippen LogP contribution in [0.4, 0.5) is 0 Å². The van der Waals surface area contributed by atoms with Gasteiger partial charge in [-0.3, -0.25) is 9.78 Å². The molecule has 3 aromatic heterocycles. The lowest BCUT2D eigenvalue weighted by atomic mass is 10.1. The van der Waals surface area contributed by atoms with Crippen molar-refractivity contribution in [2.75, 3.05) is 0 Å². The van der Waals surface area contributed by atoms with Crippen molar-refractivity contribution in [2.45, 2.75) is 13.0 Å². The summed E-state index contributed by atoms with van der Waals surface area (Å²) in [5.41, 5.74) is 1.48. The Bertz CT molecular complexity index is 722. The minimum Gasteiger partial charge on any atom is -0.344 e. The third-order valence-electron chi connectivity index (χ3n) is 3.02. The summed E-state index contributed by atoms with van der Waals surface area (Å²) >= 11 is 3.11. The molecule has 3 heterocycles. The molecule has 4 nitrogen and oxygen atoms in total. The summed E-state index contributed by atoms with van der Waals surface area (Å²) < 4.78 is 0. The molecule has 0 radical (unpaired) electrons. The molecule has 0 aromatic carbocycles. The minimum atomic E-state index is -0.154. The van der Waals surface area contributed by atoms with Crippen molar-refractivity contribution in [1.82, 2.24) is 15.3 Å². The summed E-state index contributed by atoms with van der Waals surface area (Å²) in [6.07, 6.45) is 3.44. The van der Waals surface area contributed by atoms with E-state index in [1.807, 2.05) is 36.6 Å². The van der Waals surface area contributed by atoms with Crippen LogP contribution in [0.5, 0.6) is 0 Å². The van der Waals surface area contributed by atoms with Crippen LogP contribution in [-0.2, 0) is 0 Å². The maximum atomic E-state index is 12.2. The molecule has 3 rings (SSSR count). The van der Waals surface area contributed by atoms with Gasteiger partial charge in [-0.25, -0.2) is 4.98 Å². The molecule has 1 amide bonds. The molecule has 1 atom stereocenters. The van der Waals surface area contributed by atoms with Crippen molar-refractivity contribution >= 4 is 28.6 Å². The van der Waals surface area contributed by atoms with Crippen LogP contribution in [-0.4, -0.2) is 15.9 Å². The third kappa shape index (κ3) is 3.17. The van der Waals surface area contributed by atoms with E-state index >= 15 is 0 Å². The molecule has 0 saturated carbocycles. The number of amides is 1. The quantitative estimate of drug-likeness (QED) is 0.797. The van der Waals surface area contributed by atoms with E-state index in [2.05, 4.69) is 15.3 Å². The van der Waals surface area contributed by atoms with E-state index in [9.17, 15) is 4.79 Å². The first kappa shape index (κ1) is 13.9. The number of aromatic nitrogens is 2. The number of pyridine rings is 1. The standard InChI is InChI=1S/C15H13N3OS2/c1-10(11-4-6-16-7-5-11)17-14(19)12-9-21-15(18-12)13-3-2-8-20-13/h2-10H,1H3,(H,17,19). The van der Waals surface area contributed by atoms with Gasteiger partial charge in [0.25, 0.3) is 5.91 Å². The fourth-order valence-corrected chi connectivity index (χ4v) is 3.51. The first-order valence-electron chi connectivity index (χ1n) is 6.44. The molecule has 0 aliphatic heterocycles. The average molecular weight is 315 g/mol. The predicted molar refractivity (Wildman–Crippen MR) is 85.5 cm³/mol. The Morgan fingerprint density at radius 2 is 2.05 bits per heavy atom. The van der Waals surface area contributed by atoms with Crippen molar-refractivity contribution in [2.24, 2.45) is 0 Å². The van der Waals surface area contributed by atoms with Crippen LogP contribution in [0.15, 0.2) is 47.4 Å². The molecule has 0 bridgehead atoms. The monoisotopic (exact) mass is 315 g/mol. The second kappa shape index (κ2) is 6.15. The Labute approximate surface area is 130 Å². The van der Waals surface area contributed by atoms with E-state index in [-0.39, 0.29) is 11.9 Å². The van der Waals surface area contributed by atoms with E-state index in [0.717, 1.165) is 15.4 Å². The Morgan fingerprint density at radius 1 is 1.24 bits per heavy atom. The fraction of sp³-hybridized carbons (Fsp3) is 0.133. The largest absolute Gasteiger partial charge is 0.344 e. The van der Waals surface area contributed by atoms with Crippen molar-refractivity contribution in [3.63, 3.8) is 0 Å². The van der Waals surface area contributed by atoms with Gasteiger partial charge in [-0.05, 0) is 36.1 Å². The zero-order valence-electron chi connectivity index (χ0n) is 11.3. The number of carbonyl (C=O) groups excluding carboxylic acids is 1. The number of carbonyl (C=O) groups is 1. The van der Waals surface area contributed by atoms with Crippen LogP contribution in [0.1, 0.15) is 29.0 Å². The van der Waals surface area contributed by atoms with Crippen LogP contribution >= 0.6 is 22.7 Å². The highest BCUT2D eigenvalue weighted by molar-refractivity contribution is 7.20. The highest BCUT2D eigenvalue weighted by atomic mass is 32.1. The number of rotatable bonds is 4. The van der Waals surface area contributed by atoms with Crippen molar-refractivity contribution < 1.29 is 4.79 Å². The second-order valence-corrected chi connectivity index (χ2v) is 6.30. The summed E-state index contributed by atoms with van der Waals surface area (Å²) in [6.45, 7) is 1.94. The molecule has 21 heavy (non-hydrogen) atoms. The average Bonchev–Trinajstić information content (AvgIpc) is 3.19. The molecule has 6 heteroatoms. The molecule has 1 N–H and O–H groups in total. The number of thiophene rings is 1. The topological polar surface area (TPSA) is 54.9 Å². The Hall–Kier alpha value is -2.05. The Balaban J connectivity index is 1.71. The van der Waals surface area contributed by atoms with Gasteiger partial charge in [-0.2, -0.15) is 0 Å². The lowest BCUT2D eigenvalue weighted by molar-refractivity contribution is 0.0935. The number of nitrogens with one attached hydrogen (secondary N) is 1. The van der Waals surface area contributed by atoms with Crippen molar-refractivity contribution in [3.05, 3.63) is 58.7 Å². The number of thiazole rings is 1. The zero-order valence-corrected chi connectivity index (χ0v) is 12.9. The molecule has 0 aliphatic rings. The normalized spacial score (nSPS) is 12.0. The maximum Gasteiger partial charge on any atom is 0.271 e. The highest BCUT2D eigenvalue weighted by Crippen LogP contribution is 2.27. The summed E-state index contributed by atoms with van der Waals surface area (Å²) in [5.74, 6) is -0.154. The van der Waals surface area contributed by atoms with Gasteiger partial charge in [-0.1, -0.05) is 6.07 Å². The number of nitrogens with zero attached hydrogens (tertiary/aromatic N) is 2. The predicted octanol–water partition coefficient (Wildman–Crippen LogP) is 3.76. The van der Waals surface area contributed by atoms with Gasteiger partial charge < -0.3 is 5.32 Å². The van der Waals surface area contributed by atoms with Crippen LogP contribution in [0.2, 0.25) is 0 Å². The van der Waals surface area contributed by atoms with Gasteiger partial charge >= 0.3 is 0 Å². The van der Waals surface area contributed by atoms with Gasteiger partial charge in [0, 0.05) is 17.8 Å². The molecule has 3 aromatic rings. The first-order valence-corrected chi connectivity index (χ1v) is 8.20. The van der Waals surface area contributed by atoms with Crippen molar-refractivity contribution in [3.8, 4) is 9.88 Å². The summed E-state index contributed by atoms with van der Waals surface area (Å²) in [6, 6.07) is 7.69. The smallest absolute Gasteiger partial charge is 0.271 e. The van der Waals surface area contributed by atoms with Gasteiger partial charge in [-0.15, -0.1) is 22.7 Å². The minimum absolute atomic E-state index is 0.0765. The van der Waals surface area contributed by atoms with Gasteiger partial charge in [0.15, 0.2) is 0 Å². The first-order chi connectivity index (χ1) is 10.2. The van der Waals surface area contributed by atoms with Gasteiger partial charge in [0.2, 0.25) is 0 Å². The van der Waals surface area contributed by atoms with Gasteiger partial charge in [0.05, 0.1) is 10.9 Å². The van der Waals surface area contributed by atoms with Crippen LogP contribution in [0.3, 0.4) is 0 Å². The van der Waals surface area contributed by atoms with E-state index in [4.69, 9.17) is 0 Å². The zero-order chi connectivity index (χ0) is 14.7. The second-order valence-electron chi connectivity index (χ2n) is 4.49. The van der Waals surface area contributed by atoms with Crippen LogP contribution < -0.4 is 5.32 Å². The van der Waals surface area contributed by atoms with Crippen molar-refractivity contribution in [1.29, 1.82) is 0 Å². The Morgan fingerprint density at radius 3 is 2.76 bits per heavy atom. The van der Waals surface area contributed by atoms with E-state index in [1.165, 1.54) is 11.3 Å². The SMILES string of the molecule is CC(NC(=O)c1csc(-c2cccs2)n1)c1ccncc1. The molecule has 0 fully saturated rings. The maximum absolute atomic E-state index is 12.2.